The monoisotopic (exact) mass is 321 g/mol. The van der Waals surface area contributed by atoms with Gasteiger partial charge in [0.1, 0.15) is 13.2 Å². The number of rotatable bonds is 6. The van der Waals surface area contributed by atoms with Gasteiger partial charge >= 0.3 is 5.97 Å². The highest BCUT2D eigenvalue weighted by Gasteiger charge is 2.11. The Balaban J connectivity index is 1.80. The van der Waals surface area contributed by atoms with E-state index < -0.39 is 5.97 Å². The topological polar surface area (TPSA) is 97.3 Å². The lowest BCUT2D eigenvalue weighted by atomic mass is 10.5. The van der Waals surface area contributed by atoms with Gasteiger partial charge in [0.25, 0.3) is 0 Å². The van der Waals surface area contributed by atoms with E-state index in [0.717, 1.165) is 0 Å². The summed E-state index contributed by atoms with van der Waals surface area (Å²) in [5.74, 6) is -0.160. The van der Waals surface area contributed by atoms with Gasteiger partial charge in [-0.25, -0.2) is 15.0 Å². The van der Waals surface area contributed by atoms with Crippen LogP contribution in [0.15, 0.2) is 23.8 Å². The smallest absolute Gasteiger partial charge is 0.326 e. The van der Waals surface area contributed by atoms with Gasteiger partial charge in [-0.05, 0) is 6.07 Å². The van der Waals surface area contributed by atoms with Crippen LogP contribution in [0.25, 0.3) is 0 Å². The molecule has 0 saturated heterocycles. The lowest BCUT2D eigenvalue weighted by molar-refractivity contribution is -0.143. The molecule has 9 heteroatoms. The molecule has 0 bridgehead atoms. The quantitative estimate of drug-likeness (QED) is 0.795. The summed E-state index contributed by atoms with van der Waals surface area (Å²) in [6, 6.07) is 1.70. The first-order valence-electron chi connectivity index (χ1n) is 6.40. The highest BCUT2D eigenvalue weighted by atomic mass is 32.1. The molecule has 2 rings (SSSR count). The Hall–Kier alpha value is -2.55. The summed E-state index contributed by atoms with van der Waals surface area (Å²) in [6.07, 6.45) is 3.20. The van der Waals surface area contributed by atoms with Crippen LogP contribution in [0.5, 0.6) is 0 Å². The summed E-state index contributed by atoms with van der Waals surface area (Å²) < 4.78 is 5.13. The van der Waals surface area contributed by atoms with E-state index in [9.17, 15) is 9.59 Å². The number of nitrogens with zero attached hydrogens (tertiary/aromatic N) is 4. The Labute approximate surface area is 131 Å². The number of nitrogens with one attached hydrogen (secondary N) is 1. The maximum absolute atomic E-state index is 11.8. The zero-order valence-corrected chi connectivity index (χ0v) is 13.0. The number of likely N-dealkylation sites (N-methyl/N-ethyl adjacent to an activating group) is 1. The van der Waals surface area contributed by atoms with Crippen LogP contribution in [-0.2, 0) is 20.9 Å². The van der Waals surface area contributed by atoms with Crippen LogP contribution >= 0.6 is 11.3 Å². The molecule has 2 aromatic heterocycles. The fourth-order valence-electron chi connectivity index (χ4n) is 1.53. The molecule has 1 N–H and O–H groups in total. The molecule has 0 aliphatic rings. The van der Waals surface area contributed by atoms with Gasteiger partial charge in [-0.3, -0.25) is 9.59 Å². The molecule has 0 radical (unpaired) electrons. The maximum Gasteiger partial charge on any atom is 0.326 e. The van der Waals surface area contributed by atoms with E-state index in [1.807, 2.05) is 0 Å². The van der Waals surface area contributed by atoms with Crippen LogP contribution in [0, 0.1) is 0 Å². The third kappa shape index (κ3) is 4.77. The van der Waals surface area contributed by atoms with E-state index in [2.05, 4.69) is 20.3 Å². The van der Waals surface area contributed by atoms with E-state index in [1.165, 1.54) is 18.3 Å². The van der Waals surface area contributed by atoms with Crippen molar-refractivity contribution in [3.63, 3.8) is 0 Å². The fourth-order valence-corrected chi connectivity index (χ4v) is 2.28. The molecule has 1 amide bonds. The molecule has 0 fully saturated rings. The van der Waals surface area contributed by atoms with Gasteiger partial charge < -0.3 is 15.0 Å². The van der Waals surface area contributed by atoms with E-state index in [-0.39, 0.29) is 19.1 Å². The average Bonchev–Trinajstić information content (AvgIpc) is 2.93. The van der Waals surface area contributed by atoms with Crippen LogP contribution in [0.3, 0.4) is 0 Å². The molecule has 2 aromatic rings. The number of ether oxygens (including phenoxy) is 1. The second-order valence-electron chi connectivity index (χ2n) is 4.39. The second-order valence-corrected chi connectivity index (χ2v) is 5.25. The van der Waals surface area contributed by atoms with Crippen molar-refractivity contribution in [1.82, 2.24) is 15.0 Å². The van der Waals surface area contributed by atoms with Crippen molar-refractivity contribution in [2.45, 2.75) is 13.5 Å². The number of hydrogen-bond acceptors (Lipinski definition) is 8. The van der Waals surface area contributed by atoms with E-state index in [0.29, 0.717) is 16.8 Å². The second kappa shape index (κ2) is 7.46. The van der Waals surface area contributed by atoms with Crippen LogP contribution < -0.4 is 10.2 Å². The van der Waals surface area contributed by atoms with Gasteiger partial charge in [-0.2, -0.15) is 0 Å². The molecule has 2 heterocycles. The molecule has 22 heavy (non-hydrogen) atoms. The van der Waals surface area contributed by atoms with Crippen LogP contribution in [0.4, 0.5) is 11.1 Å². The number of amides is 1. The summed E-state index contributed by atoms with van der Waals surface area (Å²) in [7, 11) is 1.70. The lowest BCUT2D eigenvalue weighted by Gasteiger charge is -2.15. The summed E-state index contributed by atoms with van der Waals surface area (Å²) >= 11 is 1.28. The molecule has 8 nitrogen and oxygen atoms in total. The van der Waals surface area contributed by atoms with Crippen molar-refractivity contribution in [2.24, 2.45) is 0 Å². The van der Waals surface area contributed by atoms with Crippen molar-refractivity contribution >= 4 is 34.3 Å². The Kier molecular flexibility index (Phi) is 5.37. The molecular formula is C13H15N5O3S. The number of thiazole rings is 1. The molecular weight excluding hydrogens is 306 g/mol. The summed E-state index contributed by atoms with van der Waals surface area (Å²) in [5, 5.41) is 4.77. The largest absolute Gasteiger partial charge is 0.458 e. The van der Waals surface area contributed by atoms with Crippen molar-refractivity contribution in [3.05, 3.63) is 29.5 Å². The van der Waals surface area contributed by atoms with Gasteiger partial charge in [0, 0.05) is 31.7 Å². The normalized spacial score (nSPS) is 10.1. The minimum atomic E-state index is -0.413. The predicted molar refractivity (Wildman–Crippen MR) is 81.5 cm³/mol. The van der Waals surface area contributed by atoms with Crippen molar-refractivity contribution in [3.8, 4) is 0 Å². The third-order valence-electron chi connectivity index (χ3n) is 2.48. The number of hydrogen-bond donors (Lipinski definition) is 1. The molecule has 0 aliphatic heterocycles. The minimum Gasteiger partial charge on any atom is -0.458 e. The average molecular weight is 321 g/mol. The first-order chi connectivity index (χ1) is 10.5. The standard InChI is InChI=1S/C13H15N5O3S/c1-9(19)16-13-17-10(8-22-13)7-21-11(20)6-18(2)12-14-4-3-5-15-12/h3-5,8H,6-7H2,1-2H3,(H,16,17,19). The number of carbonyl (C=O) groups excluding carboxylic acids is 2. The zero-order valence-electron chi connectivity index (χ0n) is 12.1. The molecule has 0 unspecified atom stereocenters. The van der Waals surface area contributed by atoms with Gasteiger partial charge in [-0.1, -0.05) is 0 Å². The maximum atomic E-state index is 11.8. The Bertz CT molecular complexity index is 646. The molecule has 116 valence electrons. The van der Waals surface area contributed by atoms with Crippen molar-refractivity contribution < 1.29 is 14.3 Å². The summed E-state index contributed by atoms with van der Waals surface area (Å²) in [6.45, 7) is 1.49. The fraction of sp³-hybridized carbons (Fsp3) is 0.308. The number of anilines is 2. The van der Waals surface area contributed by atoms with E-state index >= 15 is 0 Å². The van der Waals surface area contributed by atoms with Crippen molar-refractivity contribution in [2.75, 3.05) is 23.8 Å². The van der Waals surface area contributed by atoms with Gasteiger partial charge in [-0.15, -0.1) is 11.3 Å². The Morgan fingerprint density at radius 1 is 1.36 bits per heavy atom. The predicted octanol–water partition coefficient (Wildman–Crippen LogP) is 1.07. The number of esters is 1. The van der Waals surface area contributed by atoms with Crippen LogP contribution in [-0.4, -0.2) is 40.4 Å². The molecule has 0 saturated carbocycles. The number of carbonyl (C=O) groups is 2. The van der Waals surface area contributed by atoms with Crippen LogP contribution in [0.2, 0.25) is 0 Å². The Morgan fingerprint density at radius 2 is 2.09 bits per heavy atom. The third-order valence-corrected chi connectivity index (χ3v) is 3.28. The summed E-state index contributed by atoms with van der Waals surface area (Å²) in [4.78, 5) is 36.5. The first-order valence-corrected chi connectivity index (χ1v) is 7.28. The van der Waals surface area contributed by atoms with Gasteiger partial charge in [0.05, 0.1) is 5.69 Å². The minimum absolute atomic E-state index is 0.0344. The Morgan fingerprint density at radius 3 is 2.77 bits per heavy atom. The molecule has 0 aliphatic carbocycles. The van der Waals surface area contributed by atoms with Gasteiger partial charge in [0.2, 0.25) is 11.9 Å². The van der Waals surface area contributed by atoms with Crippen molar-refractivity contribution in [1.29, 1.82) is 0 Å². The number of aromatic nitrogens is 3. The van der Waals surface area contributed by atoms with Crippen LogP contribution in [0.1, 0.15) is 12.6 Å². The molecule has 0 aromatic carbocycles. The molecule has 0 spiro atoms. The highest BCUT2D eigenvalue weighted by molar-refractivity contribution is 7.13. The zero-order chi connectivity index (χ0) is 15.9. The summed E-state index contributed by atoms with van der Waals surface area (Å²) in [5.41, 5.74) is 0.584. The lowest BCUT2D eigenvalue weighted by Crippen LogP contribution is -2.28. The van der Waals surface area contributed by atoms with Gasteiger partial charge in [0.15, 0.2) is 5.13 Å². The SMILES string of the molecule is CC(=O)Nc1nc(COC(=O)CN(C)c2ncccn2)cs1. The first kappa shape index (κ1) is 15.8. The molecule has 0 atom stereocenters. The highest BCUT2D eigenvalue weighted by Crippen LogP contribution is 2.16. The van der Waals surface area contributed by atoms with E-state index in [1.54, 1.807) is 35.8 Å². The van der Waals surface area contributed by atoms with E-state index in [4.69, 9.17) is 4.74 Å².